The normalized spacial score (nSPS) is 14.9. The molecule has 1 aliphatic heterocycles. The number of aromatic nitrogens is 2. The van der Waals surface area contributed by atoms with Crippen molar-refractivity contribution in [3.63, 3.8) is 0 Å². The number of fused-ring (bicyclic) bond motifs is 2. The molecule has 0 aliphatic carbocycles. The molecule has 3 aromatic rings. The number of nitrogens with one attached hydrogen (secondary N) is 2. The van der Waals surface area contributed by atoms with Gasteiger partial charge < -0.3 is 5.32 Å². The molecule has 0 saturated carbocycles. The summed E-state index contributed by atoms with van der Waals surface area (Å²) >= 11 is 1.72. The second-order valence-electron chi connectivity index (χ2n) is 4.94. The maximum Gasteiger partial charge on any atom is 0.252 e. The number of carbonyl (C=O) groups excluding carboxylic acids is 1. The monoisotopic (exact) mass is 283 g/mol. The largest absolute Gasteiger partial charge is 0.352 e. The summed E-state index contributed by atoms with van der Waals surface area (Å²) < 4.78 is 0. The highest BCUT2D eigenvalue weighted by Crippen LogP contribution is 2.36. The first kappa shape index (κ1) is 11.7. The van der Waals surface area contributed by atoms with Gasteiger partial charge in [-0.1, -0.05) is 12.1 Å². The zero-order chi connectivity index (χ0) is 13.5. The first-order valence-corrected chi connectivity index (χ1v) is 7.48. The van der Waals surface area contributed by atoms with E-state index in [0.717, 1.165) is 46.3 Å². The molecule has 1 aromatic carbocycles. The highest BCUT2D eigenvalue weighted by Gasteiger charge is 2.20. The molecule has 0 unspecified atom stereocenters. The average Bonchev–Trinajstić information content (AvgIpc) is 3.06. The Kier molecular flexibility index (Phi) is 2.60. The van der Waals surface area contributed by atoms with Gasteiger partial charge in [-0.25, -0.2) is 0 Å². The van der Waals surface area contributed by atoms with E-state index in [9.17, 15) is 4.79 Å². The number of thiophene rings is 1. The molecule has 0 radical (unpaired) electrons. The number of rotatable bonds is 1. The molecule has 2 N–H and O–H groups in total. The van der Waals surface area contributed by atoms with Gasteiger partial charge in [0, 0.05) is 27.2 Å². The first-order chi connectivity index (χ1) is 9.83. The fraction of sp³-hybridized carbons (Fsp3) is 0.200. The fourth-order valence-corrected chi connectivity index (χ4v) is 3.91. The number of H-pyrrole nitrogens is 1. The van der Waals surface area contributed by atoms with Gasteiger partial charge in [-0.2, -0.15) is 5.10 Å². The molecule has 1 amide bonds. The van der Waals surface area contributed by atoms with E-state index in [1.807, 2.05) is 24.4 Å². The molecule has 100 valence electrons. The first-order valence-electron chi connectivity index (χ1n) is 6.66. The van der Waals surface area contributed by atoms with Crippen molar-refractivity contribution in [3.8, 4) is 10.4 Å². The number of amides is 1. The van der Waals surface area contributed by atoms with Crippen molar-refractivity contribution in [2.24, 2.45) is 0 Å². The van der Waals surface area contributed by atoms with E-state index in [-0.39, 0.29) is 5.91 Å². The molecule has 1 aliphatic rings. The smallest absolute Gasteiger partial charge is 0.252 e. The number of carbonyl (C=O) groups is 1. The van der Waals surface area contributed by atoms with Crippen molar-refractivity contribution in [2.45, 2.75) is 12.8 Å². The standard InChI is InChI=1S/C15H13N3OS/c19-15-10-7-14(20-13(10)5-2-6-16-15)9-3-1-4-12-11(9)8-17-18-12/h1,3-4,7-8H,2,5-6H2,(H,16,19)(H,17,18). The van der Waals surface area contributed by atoms with E-state index in [0.29, 0.717) is 0 Å². The minimum absolute atomic E-state index is 0.0550. The topological polar surface area (TPSA) is 57.8 Å². The quantitative estimate of drug-likeness (QED) is 0.721. The molecule has 0 bridgehead atoms. The van der Waals surface area contributed by atoms with Crippen LogP contribution in [0.5, 0.6) is 0 Å². The van der Waals surface area contributed by atoms with Gasteiger partial charge in [0.25, 0.3) is 5.91 Å². The number of hydrogen-bond acceptors (Lipinski definition) is 3. The molecule has 0 fully saturated rings. The average molecular weight is 283 g/mol. The number of aromatic amines is 1. The Morgan fingerprint density at radius 2 is 2.20 bits per heavy atom. The van der Waals surface area contributed by atoms with Crippen LogP contribution < -0.4 is 5.32 Å². The molecule has 4 rings (SSSR count). The van der Waals surface area contributed by atoms with Gasteiger partial charge in [-0.15, -0.1) is 11.3 Å². The van der Waals surface area contributed by atoms with Gasteiger partial charge in [0.15, 0.2) is 0 Å². The number of hydrogen-bond donors (Lipinski definition) is 2. The van der Waals surface area contributed by atoms with Crippen molar-refractivity contribution in [2.75, 3.05) is 6.54 Å². The van der Waals surface area contributed by atoms with Gasteiger partial charge in [0.2, 0.25) is 0 Å². The third kappa shape index (κ3) is 1.74. The molecule has 0 atom stereocenters. The predicted molar refractivity (Wildman–Crippen MR) is 80.1 cm³/mol. The second kappa shape index (κ2) is 4.45. The molecule has 0 spiro atoms. The summed E-state index contributed by atoms with van der Waals surface area (Å²) in [6.07, 6.45) is 3.82. The summed E-state index contributed by atoms with van der Waals surface area (Å²) in [4.78, 5) is 14.4. The molecule has 5 heteroatoms. The molecular weight excluding hydrogens is 270 g/mol. The summed E-state index contributed by atoms with van der Waals surface area (Å²) in [6, 6.07) is 8.13. The molecule has 4 nitrogen and oxygen atoms in total. The van der Waals surface area contributed by atoms with Crippen molar-refractivity contribution in [1.29, 1.82) is 0 Å². The lowest BCUT2D eigenvalue weighted by molar-refractivity contribution is 0.0956. The zero-order valence-electron chi connectivity index (χ0n) is 10.8. The van der Waals surface area contributed by atoms with E-state index < -0.39 is 0 Å². The lowest BCUT2D eigenvalue weighted by atomic mass is 10.1. The Morgan fingerprint density at radius 3 is 3.15 bits per heavy atom. The molecule has 3 heterocycles. The Bertz CT molecular complexity index is 802. The lowest BCUT2D eigenvalue weighted by Crippen LogP contribution is -2.22. The summed E-state index contributed by atoms with van der Waals surface area (Å²) in [5.41, 5.74) is 3.00. The summed E-state index contributed by atoms with van der Waals surface area (Å²) in [7, 11) is 0. The van der Waals surface area contributed by atoms with Crippen LogP contribution >= 0.6 is 11.3 Å². The minimum Gasteiger partial charge on any atom is -0.352 e. The van der Waals surface area contributed by atoms with Crippen LogP contribution in [0.4, 0.5) is 0 Å². The van der Waals surface area contributed by atoms with Crippen LogP contribution in [0.1, 0.15) is 21.7 Å². The van der Waals surface area contributed by atoms with Gasteiger partial charge >= 0.3 is 0 Å². The van der Waals surface area contributed by atoms with Crippen molar-refractivity contribution in [3.05, 3.63) is 40.9 Å². The van der Waals surface area contributed by atoms with Crippen molar-refractivity contribution in [1.82, 2.24) is 15.5 Å². The molecule has 20 heavy (non-hydrogen) atoms. The van der Waals surface area contributed by atoms with Crippen LogP contribution in [0.3, 0.4) is 0 Å². The summed E-state index contributed by atoms with van der Waals surface area (Å²) in [6.45, 7) is 0.771. The Labute approximate surface area is 119 Å². The van der Waals surface area contributed by atoms with E-state index >= 15 is 0 Å². The third-order valence-electron chi connectivity index (χ3n) is 3.67. The minimum atomic E-state index is 0.0550. The Morgan fingerprint density at radius 1 is 1.25 bits per heavy atom. The Balaban J connectivity index is 1.89. The zero-order valence-corrected chi connectivity index (χ0v) is 11.6. The fourth-order valence-electron chi connectivity index (χ4n) is 2.67. The molecular formula is C15H13N3OS. The van der Waals surface area contributed by atoms with Crippen LogP contribution in [0.2, 0.25) is 0 Å². The molecule has 2 aromatic heterocycles. The van der Waals surface area contributed by atoms with Crippen LogP contribution in [-0.4, -0.2) is 22.6 Å². The van der Waals surface area contributed by atoms with Crippen LogP contribution in [0, 0.1) is 0 Å². The SMILES string of the molecule is O=C1NCCCc2sc(-c3cccc4[nH]ncc34)cc21. The molecule has 0 saturated heterocycles. The van der Waals surface area contributed by atoms with E-state index in [1.165, 1.54) is 4.88 Å². The van der Waals surface area contributed by atoms with Crippen LogP contribution in [-0.2, 0) is 6.42 Å². The highest BCUT2D eigenvalue weighted by atomic mass is 32.1. The van der Waals surface area contributed by atoms with Gasteiger partial charge in [0.1, 0.15) is 0 Å². The van der Waals surface area contributed by atoms with Gasteiger partial charge in [-0.3, -0.25) is 9.89 Å². The Hall–Kier alpha value is -2.14. The maximum absolute atomic E-state index is 12.0. The van der Waals surface area contributed by atoms with E-state index in [4.69, 9.17) is 0 Å². The van der Waals surface area contributed by atoms with Crippen molar-refractivity contribution < 1.29 is 4.79 Å². The third-order valence-corrected chi connectivity index (χ3v) is 4.90. The van der Waals surface area contributed by atoms with Crippen molar-refractivity contribution >= 4 is 28.1 Å². The van der Waals surface area contributed by atoms with Gasteiger partial charge in [0.05, 0.1) is 17.3 Å². The summed E-state index contributed by atoms with van der Waals surface area (Å²) in [5.74, 6) is 0.0550. The van der Waals surface area contributed by atoms with Crippen LogP contribution in [0.25, 0.3) is 21.3 Å². The number of nitrogens with zero attached hydrogens (tertiary/aromatic N) is 1. The van der Waals surface area contributed by atoms with Gasteiger partial charge in [-0.05, 0) is 25.0 Å². The van der Waals surface area contributed by atoms with E-state index in [1.54, 1.807) is 11.3 Å². The highest BCUT2D eigenvalue weighted by molar-refractivity contribution is 7.16. The van der Waals surface area contributed by atoms with E-state index in [2.05, 4.69) is 21.6 Å². The number of benzene rings is 1. The summed E-state index contributed by atoms with van der Waals surface area (Å²) in [5, 5.41) is 11.1. The second-order valence-corrected chi connectivity index (χ2v) is 6.08. The number of aryl methyl sites for hydroxylation is 1. The predicted octanol–water partition coefficient (Wildman–Crippen LogP) is 2.97. The lowest BCUT2D eigenvalue weighted by Gasteiger charge is -2.00. The maximum atomic E-state index is 12.0. The van der Waals surface area contributed by atoms with Crippen LogP contribution in [0.15, 0.2) is 30.5 Å².